The maximum atomic E-state index is 12.9. The van der Waals surface area contributed by atoms with Crippen LogP contribution in [-0.2, 0) is 13.2 Å². The van der Waals surface area contributed by atoms with Gasteiger partial charge in [-0.15, -0.1) is 5.10 Å². The molecule has 1 aromatic carbocycles. The van der Waals surface area contributed by atoms with Crippen LogP contribution in [0.25, 0.3) is 28.2 Å². The number of alkyl halides is 3. The van der Waals surface area contributed by atoms with E-state index in [0.717, 1.165) is 12.1 Å². The van der Waals surface area contributed by atoms with Gasteiger partial charge in [-0.1, -0.05) is 12.1 Å². The summed E-state index contributed by atoms with van der Waals surface area (Å²) in [6.07, 6.45) is 0.563. The van der Waals surface area contributed by atoms with Crippen molar-refractivity contribution < 1.29 is 18.3 Å². The highest BCUT2D eigenvalue weighted by Crippen LogP contribution is 2.31. The summed E-state index contributed by atoms with van der Waals surface area (Å²) in [4.78, 5) is 9.00. The Morgan fingerprint density at radius 2 is 1.83 bits per heavy atom. The third kappa shape index (κ3) is 3.76. The van der Waals surface area contributed by atoms with Crippen LogP contribution in [-0.4, -0.2) is 47.6 Å². The van der Waals surface area contributed by atoms with E-state index >= 15 is 0 Å². The quantitative estimate of drug-likeness (QED) is 0.532. The van der Waals surface area contributed by atoms with Gasteiger partial charge in [0, 0.05) is 30.9 Å². The lowest BCUT2D eigenvalue weighted by Gasteiger charge is -2.08. The lowest BCUT2D eigenvalue weighted by atomic mass is 10.1. The molecule has 4 aromatic rings. The number of hydrogen-bond acceptors (Lipinski definition) is 6. The number of anilines is 1. The first kappa shape index (κ1) is 18.9. The van der Waals surface area contributed by atoms with Crippen molar-refractivity contribution in [1.29, 1.82) is 0 Å². The third-order valence-electron chi connectivity index (χ3n) is 4.20. The highest BCUT2D eigenvalue weighted by Gasteiger charge is 2.30. The van der Waals surface area contributed by atoms with Crippen LogP contribution in [0.3, 0.4) is 0 Å². The monoisotopic (exact) mass is 403 g/mol. The number of aryl methyl sites for hydroxylation is 1. The molecule has 3 heterocycles. The van der Waals surface area contributed by atoms with E-state index in [1.54, 1.807) is 30.3 Å². The summed E-state index contributed by atoms with van der Waals surface area (Å²) in [5.74, 6) is 0.301. The summed E-state index contributed by atoms with van der Waals surface area (Å²) in [5, 5.41) is 20.3. The molecule has 3 aromatic heterocycles. The first-order valence-corrected chi connectivity index (χ1v) is 8.64. The average molecular weight is 403 g/mol. The second-order valence-electron chi connectivity index (χ2n) is 6.31. The molecule has 150 valence electrons. The first-order chi connectivity index (χ1) is 13.8. The topological polar surface area (TPSA) is 93.2 Å². The summed E-state index contributed by atoms with van der Waals surface area (Å²) < 4.78 is 41.7. The Bertz CT molecular complexity index is 1150. The van der Waals surface area contributed by atoms with Gasteiger partial charge in [0.25, 0.3) is 0 Å². The highest BCUT2D eigenvalue weighted by molar-refractivity contribution is 5.76. The van der Waals surface area contributed by atoms with Gasteiger partial charge in [0.15, 0.2) is 5.65 Å². The minimum Gasteiger partial charge on any atom is -0.395 e. The summed E-state index contributed by atoms with van der Waals surface area (Å²) in [6.45, 7) is 0.193. The summed E-state index contributed by atoms with van der Waals surface area (Å²) in [7, 11) is 1.76. The molecule has 0 saturated carbocycles. The van der Waals surface area contributed by atoms with E-state index in [1.807, 2.05) is 0 Å². The number of hydrogen-bond donors (Lipinski definition) is 2. The standard InChI is InChI=1S/C18H16F3N7O/c1-27-9-12(8-23-27)15-16-25-17(22-6-7-29)26-28(16)10-14(24-15)11-2-4-13(5-3-11)18(19,20)21/h2-5,8-10,29H,6-7H2,1H3,(H,22,26). The van der Waals surface area contributed by atoms with E-state index in [2.05, 4.69) is 25.5 Å². The predicted octanol–water partition coefficient (Wildman–Crippen LogP) is 2.61. The summed E-state index contributed by atoms with van der Waals surface area (Å²) >= 11 is 0. The van der Waals surface area contributed by atoms with Crippen molar-refractivity contribution in [1.82, 2.24) is 29.4 Å². The van der Waals surface area contributed by atoms with Gasteiger partial charge in [-0.05, 0) is 12.1 Å². The molecule has 0 amide bonds. The van der Waals surface area contributed by atoms with Gasteiger partial charge in [0.2, 0.25) is 5.95 Å². The molecule has 0 aliphatic carbocycles. The van der Waals surface area contributed by atoms with E-state index in [9.17, 15) is 13.2 Å². The van der Waals surface area contributed by atoms with Gasteiger partial charge in [-0.25, -0.2) is 9.50 Å². The lowest BCUT2D eigenvalue weighted by molar-refractivity contribution is -0.137. The predicted molar refractivity (Wildman–Crippen MR) is 99.0 cm³/mol. The maximum absolute atomic E-state index is 12.9. The molecule has 11 heteroatoms. The zero-order valence-corrected chi connectivity index (χ0v) is 15.2. The van der Waals surface area contributed by atoms with E-state index < -0.39 is 11.7 Å². The van der Waals surface area contributed by atoms with Crippen LogP contribution < -0.4 is 5.32 Å². The number of benzene rings is 1. The van der Waals surface area contributed by atoms with Crippen molar-refractivity contribution >= 4 is 11.6 Å². The molecule has 0 saturated heterocycles. The lowest BCUT2D eigenvalue weighted by Crippen LogP contribution is -2.06. The van der Waals surface area contributed by atoms with Crippen molar-refractivity contribution in [3.63, 3.8) is 0 Å². The summed E-state index contributed by atoms with van der Waals surface area (Å²) in [6, 6.07) is 4.76. The number of aromatic nitrogens is 6. The normalized spacial score (nSPS) is 11.9. The molecule has 0 unspecified atom stereocenters. The maximum Gasteiger partial charge on any atom is 0.416 e. The van der Waals surface area contributed by atoms with E-state index in [-0.39, 0.29) is 13.2 Å². The second kappa shape index (κ2) is 7.17. The van der Waals surface area contributed by atoms with Gasteiger partial charge < -0.3 is 10.4 Å². The van der Waals surface area contributed by atoms with Crippen molar-refractivity contribution in [2.24, 2.45) is 7.05 Å². The Labute approximate surface area is 162 Å². The van der Waals surface area contributed by atoms with Gasteiger partial charge in [-0.2, -0.15) is 23.3 Å². The van der Waals surface area contributed by atoms with E-state index in [1.165, 1.54) is 16.6 Å². The molecule has 0 spiro atoms. The van der Waals surface area contributed by atoms with Gasteiger partial charge in [0.1, 0.15) is 5.69 Å². The van der Waals surface area contributed by atoms with Gasteiger partial charge in [0.05, 0.1) is 30.3 Å². The zero-order chi connectivity index (χ0) is 20.6. The fraction of sp³-hybridized carbons (Fsp3) is 0.222. The van der Waals surface area contributed by atoms with Crippen LogP contribution in [0.15, 0.2) is 42.9 Å². The van der Waals surface area contributed by atoms with Crippen molar-refractivity contribution in [2.75, 3.05) is 18.5 Å². The Hall–Kier alpha value is -3.47. The molecule has 0 aliphatic heterocycles. The Morgan fingerprint density at radius 3 is 2.45 bits per heavy atom. The molecule has 0 aliphatic rings. The zero-order valence-electron chi connectivity index (χ0n) is 15.2. The number of halogens is 3. The molecule has 0 radical (unpaired) electrons. The Balaban J connectivity index is 1.84. The number of fused-ring (bicyclic) bond motifs is 1. The molecule has 0 fully saturated rings. The number of aliphatic hydroxyl groups excluding tert-OH is 1. The van der Waals surface area contributed by atoms with Crippen LogP contribution in [0.4, 0.5) is 19.1 Å². The molecule has 0 atom stereocenters. The van der Waals surface area contributed by atoms with Gasteiger partial charge >= 0.3 is 6.18 Å². The third-order valence-corrected chi connectivity index (χ3v) is 4.20. The molecule has 4 rings (SSSR count). The van der Waals surface area contributed by atoms with E-state index in [4.69, 9.17) is 5.11 Å². The van der Waals surface area contributed by atoms with Crippen molar-refractivity contribution in [2.45, 2.75) is 6.18 Å². The fourth-order valence-corrected chi connectivity index (χ4v) is 2.84. The van der Waals surface area contributed by atoms with Crippen LogP contribution in [0, 0.1) is 0 Å². The minimum absolute atomic E-state index is 0.0833. The molecule has 8 nitrogen and oxygen atoms in total. The minimum atomic E-state index is -4.41. The number of nitrogens with one attached hydrogen (secondary N) is 1. The van der Waals surface area contributed by atoms with Crippen LogP contribution in [0.2, 0.25) is 0 Å². The number of nitrogens with zero attached hydrogens (tertiary/aromatic N) is 6. The second-order valence-corrected chi connectivity index (χ2v) is 6.31. The fourth-order valence-electron chi connectivity index (χ4n) is 2.84. The van der Waals surface area contributed by atoms with Crippen LogP contribution in [0.1, 0.15) is 5.56 Å². The van der Waals surface area contributed by atoms with E-state index in [0.29, 0.717) is 34.1 Å². The first-order valence-electron chi connectivity index (χ1n) is 8.64. The van der Waals surface area contributed by atoms with Crippen LogP contribution in [0.5, 0.6) is 0 Å². The molecule has 0 bridgehead atoms. The SMILES string of the molecule is Cn1cc(-c2nc(-c3ccc(C(F)(F)F)cc3)cn3nc(NCCO)nc23)cn1. The average Bonchev–Trinajstić information content (AvgIpc) is 3.30. The molecular formula is C18H16F3N7O. The Morgan fingerprint density at radius 1 is 1.07 bits per heavy atom. The smallest absolute Gasteiger partial charge is 0.395 e. The number of aliphatic hydroxyl groups is 1. The van der Waals surface area contributed by atoms with Crippen molar-refractivity contribution in [3.05, 3.63) is 48.4 Å². The Kier molecular flexibility index (Phi) is 4.66. The molecule has 29 heavy (non-hydrogen) atoms. The van der Waals surface area contributed by atoms with Crippen molar-refractivity contribution in [3.8, 4) is 22.5 Å². The van der Waals surface area contributed by atoms with Gasteiger partial charge in [-0.3, -0.25) is 4.68 Å². The highest BCUT2D eigenvalue weighted by atomic mass is 19.4. The summed E-state index contributed by atoms with van der Waals surface area (Å²) in [5.41, 5.74) is 1.83. The largest absolute Gasteiger partial charge is 0.416 e. The van der Waals surface area contributed by atoms with Crippen LogP contribution >= 0.6 is 0 Å². The molecule has 2 N–H and O–H groups in total. The number of rotatable bonds is 5. The molecular weight excluding hydrogens is 387 g/mol.